The fraction of sp³-hybridized carbons (Fsp3) is 0.500. The number of nitrogens with zero attached hydrogens (tertiary/aromatic N) is 2. The maximum Gasteiger partial charge on any atom is 0.320 e. The molecule has 0 aliphatic carbocycles. The van der Waals surface area contributed by atoms with Gasteiger partial charge in [-0.3, -0.25) is 4.79 Å². The van der Waals surface area contributed by atoms with E-state index in [9.17, 15) is 4.79 Å². The van der Waals surface area contributed by atoms with E-state index in [1.165, 1.54) is 0 Å². The normalized spacial score (nSPS) is 16.2. The predicted molar refractivity (Wildman–Crippen MR) is 140 cm³/mol. The van der Waals surface area contributed by atoms with Gasteiger partial charge in [0, 0.05) is 19.6 Å². The van der Waals surface area contributed by atoms with E-state index >= 15 is 0 Å². The molecule has 2 heterocycles. The summed E-state index contributed by atoms with van der Waals surface area (Å²) in [5.41, 5.74) is 2.43. The smallest absolute Gasteiger partial charge is 0.320 e. The van der Waals surface area contributed by atoms with Gasteiger partial charge in [-0.25, -0.2) is 4.98 Å². The van der Waals surface area contributed by atoms with E-state index in [0.29, 0.717) is 13.2 Å². The Labute approximate surface area is 213 Å². The quantitative estimate of drug-likeness (QED) is 0.324. The highest BCUT2D eigenvalue weighted by Crippen LogP contribution is 2.31. The minimum atomic E-state index is -0.484. The van der Waals surface area contributed by atoms with Gasteiger partial charge < -0.3 is 29.4 Å². The monoisotopic (exact) mass is 494 g/mol. The van der Waals surface area contributed by atoms with Crippen LogP contribution >= 0.6 is 0 Å². The van der Waals surface area contributed by atoms with Crippen molar-refractivity contribution in [3.05, 3.63) is 59.9 Å². The second-order valence-corrected chi connectivity index (χ2v) is 10.3. The average molecular weight is 495 g/mol. The number of carbonyl (C=O) groups is 1. The number of aromatic nitrogens is 2. The Balaban J connectivity index is 1.41. The average Bonchev–Trinajstić information content (AvgIpc) is 3.26. The predicted octanol–water partition coefficient (Wildman–Crippen LogP) is 4.07. The lowest BCUT2D eigenvalue weighted by Crippen LogP contribution is -2.35. The number of fused-ring (bicyclic) bond motifs is 1. The Kier molecular flexibility index (Phi) is 8.61. The third-order valence-electron chi connectivity index (χ3n) is 6.05. The fourth-order valence-corrected chi connectivity index (χ4v) is 4.29. The van der Waals surface area contributed by atoms with Crippen LogP contribution in [0.3, 0.4) is 0 Å². The van der Waals surface area contributed by atoms with Crippen LogP contribution in [-0.4, -0.2) is 72.4 Å². The van der Waals surface area contributed by atoms with E-state index in [4.69, 9.17) is 19.2 Å². The zero-order chi connectivity index (χ0) is 25.5. The first-order valence-electron chi connectivity index (χ1n) is 12.7. The van der Waals surface area contributed by atoms with E-state index in [-0.39, 0.29) is 24.7 Å². The molecule has 1 atom stereocenters. The van der Waals surface area contributed by atoms with Crippen molar-refractivity contribution in [2.45, 2.75) is 51.4 Å². The van der Waals surface area contributed by atoms with Crippen LogP contribution in [-0.2, 0) is 14.3 Å². The second kappa shape index (κ2) is 11.9. The summed E-state index contributed by atoms with van der Waals surface area (Å²) in [6.07, 6.45) is 1.83. The van der Waals surface area contributed by atoms with Gasteiger partial charge in [0.15, 0.2) is 0 Å². The van der Waals surface area contributed by atoms with Crippen molar-refractivity contribution in [2.24, 2.45) is 0 Å². The number of rotatable bonds is 10. The lowest BCUT2D eigenvalue weighted by molar-refractivity contribution is -0.153. The molecule has 36 heavy (non-hydrogen) atoms. The number of benzene rings is 2. The van der Waals surface area contributed by atoms with Crippen molar-refractivity contribution in [1.29, 1.82) is 0 Å². The highest BCUT2D eigenvalue weighted by atomic mass is 16.6. The van der Waals surface area contributed by atoms with Crippen molar-refractivity contribution in [1.82, 2.24) is 20.2 Å². The van der Waals surface area contributed by atoms with Crippen LogP contribution in [0.25, 0.3) is 11.0 Å². The van der Waals surface area contributed by atoms with Crippen molar-refractivity contribution < 1.29 is 19.0 Å². The fourth-order valence-electron chi connectivity index (χ4n) is 4.29. The molecule has 0 radical (unpaired) electrons. The molecule has 4 rings (SSSR count). The minimum absolute atomic E-state index is 0.152. The highest BCUT2D eigenvalue weighted by Gasteiger charge is 2.26. The summed E-state index contributed by atoms with van der Waals surface area (Å²) in [5, 5.41) is 3.07. The lowest BCUT2D eigenvalue weighted by Gasteiger charge is -2.31. The van der Waals surface area contributed by atoms with Crippen molar-refractivity contribution in [2.75, 3.05) is 39.8 Å². The molecule has 194 valence electrons. The number of likely N-dealkylation sites (tertiary alicyclic amines) is 1. The third kappa shape index (κ3) is 7.53. The van der Waals surface area contributed by atoms with Crippen LogP contribution in [0.4, 0.5) is 0 Å². The molecule has 3 aromatic rings. The molecule has 0 saturated carbocycles. The molecule has 2 aromatic carbocycles. The number of ether oxygens (including phenoxy) is 3. The first kappa shape index (κ1) is 26.1. The van der Waals surface area contributed by atoms with Gasteiger partial charge in [-0.05, 0) is 70.5 Å². The first-order valence-corrected chi connectivity index (χ1v) is 12.7. The Morgan fingerprint density at radius 1 is 1.17 bits per heavy atom. The molecule has 1 saturated heterocycles. The van der Waals surface area contributed by atoms with Gasteiger partial charge in [0.05, 0.1) is 23.7 Å². The molecule has 0 amide bonds. The molecule has 1 unspecified atom stereocenters. The Morgan fingerprint density at radius 3 is 2.69 bits per heavy atom. The summed E-state index contributed by atoms with van der Waals surface area (Å²) >= 11 is 0. The maximum absolute atomic E-state index is 11.8. The number of esters is 1. The molecule has 2 N–H and O–H groups in total. The summed E-state index contributed by atoms with van der Waals surface area (Å²) in [6.45, 7) is 8.73. The number of hydrogen-bond acceptors (Lipinski definition) is 7. The molecule has 8 heteroatoms. The maximum atomic E-state index is 11.8. The summed E-state index contributed by atoms with van der Waals surface area (Å²) in [4.78, 5) is 22.5. The zero-order valence-electron chi connectivity index (χ0n) is 21.8. The molecule has 8 nitrogen and oxygen atoms in total. The van der Waals surface area contributed by atoms with E-state index in [1.807, 2.05) is 63.2 Å². The van der Waals surface area contributed by atoms with Crippen molar-refractivity contribution in [3.63, 3.8) is 0 Å². The minimum Gasteiger partial charge on any atom is -0.492 e. The van der Waals surface area contributed by atoms with Gasteiger partial charge in [0.25, 0.3) is 0 Å². The van der Waals surface area contributed by atoms with Gasteiger partial charge >= 0.3 is 5.97 Å². The number of hydrogen-bond donors (Lipinski definition) is 2. The summed E-state index contributed by atoms with van der Waals surface area (Å²) in [5.74, 6) is 1.27. The SMILES string of the molecule is CN1CCC(OC(c2cccc(OCCNCC(=O)OC(C)(C)C)c2)c2nc3ccccc3[nH]2)CC1. The third-order valence-corrected chi connectivity index (χ3v) is 6.05. The van der Waals surface area contributed by atoms with E-state index < -0.39 is 5.60 Å². The number of nitrogens with one attached hydrogen (secondary N) is 2. The van der Waals surface area contributed by atoms with Gasteiger partial charge in [-0.2, -0.15) is 0 Å². The molecule has 1 aliphatic heterocycles. The van der Waals surface area contributed by atoms with Gasteiger partial charge in [-0.15, -0.1) is 0 Å². The number of para-hydroxylation sites is 2. The van der Waals surface area contributed by atoms with Gasteiger partial charge in [-0.1, -0.05) is 24.3 Å². The molecular formula is C28H38N4O4. The summed E-state index contributed by atoms with van der Waals surface area (Å²) in [6, 6.07) is 16.0. The zero-order valence-corrected chi connectivity index (χ0v) is 21.8. The number of aromatic amines is 1. The van der Waals surface area contributed by atoms with E-state index in [0.717, 1.165) is 54.1 Å². The van der Waals surface area contributed by atoms with Crippen molar-refractivity contribution >= 4 is 17.0 Å². The molecular weight excluding hydrogens is 456 g/mol. The summed E-state index contributed by atoms with van der Waals surface area (Å²) in [7, 11) is 2.15. The van der Waals surface area contributed by atoms with Crippen LogP contribution in [0.5, 0.6) is 5.75 Å². The molecule has 0 bridgehead atoms. The standard InChI is InChI=1S/C28H38N4O4/c1-28(2,3)36-25(33)19-29-14-17-34-22-9-7-8-20(18-22)26(35-21-12-15-32(4)16-13-21)27-30-23-10-5-6-11-24(23)31-27/h5-11,18,21,26,29H,12-17,19H2,1-4H3,(H,30,31). The molecule has 1 fully saturated rings. The van der Waals surface area contributed by atoms with Crippen LogP contribution in [0, 0.1) is 0 Å². The van der Waals surface area contributed by atoms with Crippen molar-refractivity contribution in [3.8, 4) is 5.75 Å². The first-order chi connectivity index (χ1) is 17.3. The second-order valence-electron chi connectivity index (χ2n) is 10.3. The van der Waals surface area contributed by atoms with Crippen LogP contribution in [0.15, 0.2) is 48.5 Å². The lowest BCUT2D eigenvalue weighted by atomic mass is 10.1. The Hall–Kier alpha value is -2.94. The van der Waals surface area contributed by atoms with E-state index in [1.54, 1.807) is 0 Å². The Bertz CT molecular complexity index is 1100. The summed E-state index contributed by atoms with van der Waals surface area (Å²) < 4.78 is 17.9. The van der Waals surface area contributed by atoms with Crippen LogP contribution in [0.2, 0.25) is 0 Å². The van der Waals surface area contributed by atoms with Crippen LogP contribution < -0.4 is 10.1 Å². The number of H-pyrrole nitrogens is 1. The number of imidazole rings is 1. The van der Waals surface area contributed by atoms with Gasteiger partial charge in [0.2, 0.25) is 0 Å². The number of carbonyl (C=O) groups excluding carboxylic acids is 1. The topological polar surface area (TPSA) is 88.7 Å². The van der Waals surface area contributed by atoms with Crippen LogP contribution in [0.1, 0.15) is 51.1 Å². The largest absolute Gasteiger partial charge is 0.492 e. The van der Waals surface area contributed by atoms with Gasteiger partial charge in [0.1, 0.15) is 29.9 Å². The van der Waals surface area contributed by atoms with E-state index in [2.05, 4.69) is 28.3 Å². The number of piperidine rings is 1. The molecule has 1 aliphatic rings. The molecule has 0 spiro atoms. The highest BCUT2D eigenvalue weighted by molar-refractivity contribution is 5.75. The molecule has 1 aromatic heterocycles. The Morgan fingerprint density at radius 2 is 1.94 bits per heavy atom.